The zero-order valence-electron chi connectivity index (χ0n) is 10.9. The van der Waals surface area contributed by atoms with Crippen LogP contribution in [0.1, 0.15) is 23.1 Å². The first-order valence-corrected chi connectivity index (χ1v) is 6.17. The summed E-state index contributed by atoms with van der Waals surface area (Å²) >= 11 is 0. The van der Waals surface area contributed by atoms with E-state index in [9.17, 15) is 9.59 Å². The van der Waals surface area contributed by atoms with Crippen LogP contribution >= 0.6 is 0 Å². The third-order valence-corrected chi connectivity index (χ3v) is 3.24. The minimum atomic E-state index is -0.956. The smallest absolute Gasteiger partial charge is 0.311 e. The number of aromatic nitrogens is 2. The molecule has 1 aliphatic heterocycles. The maximum Gasteiger partial charge on any atom is 0.311 e. The monoisotopic (exact) mass is 267 g/mol. The van der Waals surface area contributed by atoms with E-state index < -0.39 is 17.9 Å². The van der Waals surface area contributed by atoms with Crippen LogP contribution in [-0.4, -0.2) is 46.0 Å². The molecule has 0 bridgehead atoms. The van der Waals surface area contributed by atoms with Gasteiger partial charge in [-0.25, -0.2) is 0 Å². The average Bonchev–Trinajstić information content (AvgIpc) is 2.95. The van der Waals surface area contributed by atoms with Crippen LogP contribution in [0.4, 0.5) is 0 Å². The summed E-state index contributed by atoms with van der Waals surface area (Å²) < 4.78 is 6.61. The second-order valence-electron chi connectivity index (χ2n) is 4.56. The number of nitrogens with one attached hydrogen (secondary N) is 1. The Balaban J connectivity index is 2.08. The number of hydrogen-bond acceptors (Lipinski definition) is 4. The number of aliphatic carboxylic acids is 1. The van der Waals surface area contributed by atoms with E-state index in [1.165, 1.54) is 4.68 Å². The Bertz CT molecular complexity index is 497. The van der Waals surface area contributed by atoms with Crippen LogP contribution in [0, 0.1) is 5.92 Å². The van der Waals surface area contributed by atoms with Crippen LogP contribution < -0.4 is 5.32 Å². The lowest BCUT2D eigenvalue weighted by Gasteiger charge is -2.15. The maximum atomic E-state index is 12.1. The number of amides is 1. The highest BCUT2D eigenvalue weighted by molar-refractivity contribution is 5.93. The predicted octanol–water partition coefficient (Wildman–Crippen LogP) is -0.188. The molecule has 1 aromatic heterocycles. The molecule has 19 heavy (non-hydrogen) atoms. The van der Waals surface area contributed by atoms with Crippen molar-refractivity contribution in [3.05, 3.63) is 17.5 Å². The van der Waals surface area contributed by atoms with Gasteiger partial charge >= 0.3 is 5.97 Å². The highest BCUT2D eigenvalue weighted by Gasteiger charge is 2.35. The van der Waals surface area contributed by atoms with Gasteiger partial charge in [0.25, 0.3) is 5.91 Å². The largest absolute Gasteiger partial charge is 0.481 e. The molecule has 104 valence electrons. The second-order valence-corrected chi connectivity index (χ2v) is 4.56. The summed E-state index contributed by atoms with van der Waals surface area (Å²) in [6, 6.07) is 1.21. The zero-order valence-corrected chi connectivity index (χ0v) is 10.9. The first-order valence-electron chi connectivity index (χ1n) is 6.17. The quantitative estimate of drug-likeness (QED) is 0.788. The topological polar surface area (TPSA) is 93.5 Å². The van der Waals surface area contributed by atoms with Gasteiger partial charge in [0.1, 0.15) is 11.6 Å². The molecule has 0 radical (unpaired) electrons. The number of hydrogen-bond donors (Lipinski definition) is 2. The van der Waals surface area contributed by atoms with Crippen molar-refractivity contribution in [1.29, 1.82) is 0 Å². The Morgan fingerprint density at radius 3 is 2.89 bits per heavy atom. The van der Waals surface area contributed by atoms with E-state index >= 15 is 0 Å². The van der Waals surface area contributed by atoms with E-state index in [1.54, 1.807) is 13.1 Å². The first kappa shape index (κ1) is 13.5. The van der Waals surface area contributed by atoms with Gasteiger partial charge in [-0.15, -0.1) is 0 Å². The van der Waals surface area contributed by atoms with Crippen molar-refractivity contribution in [2.24, 2.45) is 13.0 Å². The predicted molar refractivity (Wildman–Crippen MR) is 65.8 cm³/mol. The van der Waals surface area contributed by atoms with Gasteiger partial charge in [-0.2, -0.15) is 5.10 Å². The van der Waals surface area contributed by atoms with Gasteiger partial charge in [0.05, 0.1) is 24.9 Å². The van der Waals surface area contributed by atoms with Crippen molar-refractivity contribution >= 4 is 11.9 Å². The minimum absolute atomic E-state index is 0.131. The number of carboxylic acid groups (broad SMARTS) is 1. The van der Waals surface area contributed by atoms with Crippen LogP contribution in [0.3, 0.4) is 0 Å². The highest BCUT2D eigenvalue weighted by Crippen LogP contribution is 2.15. The second kappa shape index (κ2) is 5.40. The van der Waals surface area contributed by atoms with Crippen molar-refractivity contribution in [3.8, 4) is 0 Å². The van der Waals surface area contributed by atoms with E-state index in [0.29, 0.717) is 5.69 Å². The number of carbonyl (C=O) groups excluding carboxylic acids is 1. The molecule has 0 saturated carbocycles. The molecule has 2 unspecified atom stereocenters. The van der Waals surface area contributed by atoms with Crippen LogP contribution in [0.5, 0.6) is 0 Å². The Labute approximate surface area is 110 Å². The maximum absolute atomic E-state index is 12.1. The fourth-order valence-corrected chi connectivity index (χ4v) is 2.09. The lowest BCUT2D eigenvalue weighted by molar-refractivity contribution is -0.142. The number of rotatable bonds is 4. The molecule has 0 spiro atoms. The summed E-state index contributed by atoms with van der Waals surface area (Å²) in [6.07, 6.45) is 0.741. The molecular weight excluding hydrogens is 250 g/mol. The van der Waals surface area contributed by atoms with Gasteiger partial charge in [0, 0.05) is 7.05 Å². The van der Waals surface area contributed by atoms with Crippen molar-refractivity contribution in [3.63, 3.8) is 0 Å². The highest BCUT2D eigenvalue weighted by atomic mass is 16.5. The molecule has 2 atom stereocenters. The van der Waals surface area contributed by atoms with Crippen molar-refractivity contribution in [2.45, 2.75) is 19.4 Å². The lowest BCUT2D eigenvalue weighted by Crippen LogP contribution is -2.43. The number of carboxylic acids is 1. The fourth-order valence-electron chi connectivity index (χ4n) is 2.09. The Morgan fingerprint density at radius 1 is 1.58 bits per heavy atom. The molecule has 0 aliphatic carbocycles. The van der Waals surface area contributed by atoms with Crippen molar-refractivity contribution in [1.82, 2.24) is 15.1 Å². The molecule has 2 rings (SSSR count). The lowest BCUT2D eigenvalue weighted by atomic mass is 10.0. The fraction of sp³-hybridized carbons (Fsp3) is 0.583. The Morgan fingerprint density at radius 2 is 2.32 bits per heavy atom. The SMILES string of the molecule is CCc1cc(C(=O)NC2COCC2C(=O)O)n(C)n1. The van der Waals surface area contributed by atoms with Gasteiger partial charge in [0.2, 0.25) is 0 Å². The molecular formula is C12H17N3O4. The van der Waals surface area contributed by atoms with E-state index in [1.807, 2.05) is 6.92 Å². The molecule has 1 fully saturated rings. The molecule has 2 heterocycles. The molecule has 2 N–H and O–H groups in total. The van der Waals surface area contributed by atoms with E-state index in [4.69, 9.17) is 9.84 Å². The zero-order chi connectivity index (χ0) is 14.0. The minimum Gasteiger partial charge on any atom is -0.481 e. The van der Waals surface area contributed by atoms with Crippen molar-refractivity contribution < 1.29 is 19.4 Å². The first-order chi connectivity index (χ1) is 9.02. The number of aryl methyl sites for hydroxylation is 2. The summed E-state index contributed by atoms with van der Waals surface area (Å²) in [4.78, 5) is 23.1. The van der Waals surface area contributed by atoms with Gasteiger partial charge in [-0.3, -0.25) is 14.3 Å². The molecule has 7 heteroatoms. The summed E-state index contributed by atoms with van der Waals surface area (Å²) in [6.45, 7) is 2.31. The number of carbonyl (C=O) groups is 2. The summed E-state index contributed by atoms with van der Waals surface area (Å²) in [5.41, 5.74) is 1.25. The molecule has 0 aromatic carbocycles. The third-order valence-electron chi connectivity index (χ3n) is 3.24. The normalized spacial score (nSPS) is 22.4. The van der Waals surface area contributed by atoms with Crippen molar-refractivity contribution in [2.75, 3.05) is 13.2 Å². The Hall–Kier alpha value is -1.89. The van der Waals surface area contributed by atoms with E-state index in [0.717, 1.165) is 12.1 Å². The number of ether oxygens (including phenoxy) is 1. The Kier molecular flexibility index (Phi) is 3.84. The van der Waals surface area contributed by atoms with Crippen LogP contribution in [0.25, 0.3) is 0 Å². The molecule has 1 aliphatic rings. The van der Waals surface area contributed by atoms with Gasteiger partial charge in [-0.1, -0.05) is 6.92 Å². The van der Waals surface area contributed by atoms with Gasteiger partial charge in [0.15, 0.2) is 0 Å². The molecule has 1 aromatic rings. The van der Waals surface area contributed by atoms with E-state index in [-0.39, 0.29) is 19.1 Å². The van der Waals surface area contributed by atoms with Gasteiger partial charge < -0.3 is 15.2 Å². The average molecular weight is 267 g/mol. The summed E-state index contributed by atoms with van der Waals surface area (Å²) in [7, 11) is 1.69. The summed E-state index contributed by atoms with van der Waals surface area (Å²) in [5.74, 6) is -1.97. The molecule has 1 amide bonds. The van der Waals surface area contributed by atoms with Crippen LogP contribution in [0.15, 0.2) is 6.07 Å². The molecule has 7 nitrogen and oxygen atoms in total. The third kappa shape index (κ3) is 2.76. The standard InChI is InChI=1S/C12H17N3O4/c1-3-7-4-10(15(2)14-7)11(16)13-9-6-19-5-8(9)12(17)18/h4,8-9H,3,5-6H2,1-2H3,(H,13,16)(H,17,18). The summed E-state index contributed by atoms with van der Waals surface area (Å²) in [5, 5.41) is 15.9. The van der Waals surface area contributed by atoms with Gasteiger partial charge in [-0.05, 0) is 12.5 Å². The van der Waals surface area contributed by atoms with Crippen LogP contribution in [0.2, 0.25) is 0 Å². The van der Waals surface area contributed by atoms with E-state index in [2.05, 4.69) is 10.4 Å². The number of nitrogens with zero attached hydrogens (tertiary/aromatic N) is 2. The van der Waals surface area contributed by atoms with Crippen LogP contribution in [-0.2, 0) is 23.0 Å². The molecule has 1 saturated heterocycles.